The van der Waals surface area contributed by atoms with Crippen LogP contribution in [-0.2, 0) is 6.18 Å². The summed E-state index contributed by atoms with van der Waals surface area (Å²) in [5.41, 5.74) is -0.0722. The van der Waals surface area contributed by atoms with E-state index in [1.54, 1.807) is 6.07 Å². The first-order chi connectivity index (χ1) is 11.3. The minimum Gasteiger partial charge on any atom is -0.317 e. The molecule has 1 fully saturated rings. The first kappa shape index (κ1) is 16.9. The Morgan fingerprint density at radius 2 is 1.62 bits per heavy atom. The SMILES string of the molecule is Fc1cc(-c2ccc(C(F)(F)F)cc2F)cc(C2CCNCC2)c1. The summed E-state index contributed by atoms with van der Waals surface area (Å²) < 4.78 is 66.0. The maximum Gasteiger partial charge on any atom is 0.416 e. The summed E-state index contributed by atoms with van der Waals surface area (Å²) in [5.74, 6) is -1.36. The van der Waals surface area contributed by atoms with Crippen molar-refractivity contribution < 1.29 is 22.0 Å². The smallest absolute Gasteiger partial charge is 0.317 e. The fourth-order valence-corrected chi connectivity index (χ4v) is 3.08. The van der Waals surface area contributed by atoms with Crippen molar-refractivity contribution in [3.05, 3.63) is 59.2 Å². The van der Waals surface area contributed by atoms with E-state index in [0.717, 1.165) is 49.7 Å². The van der Waals surface area contributed by atoms with Crippen molar-refractivity contribution in [3.63, 3.8) is 0 Å². The molecule has 0 radical (unpaired) electrons. The highest BCUT2D eigenvalue weighted by Gasteiger charge is 2.31. The number of hydrogen-bond acceptors (Lipinski definition) is 1. The van der Waals surface area contributed by atoms with Crippen LogP contribution in [0.3, 0.4) is 0 Å². The Morgan fingerprint density at radius 3 is 2.25 bits per heavy atom. The number of piperidine rings is 1. The molecule has 2 aromatic carbocycles. The van der Waals surface area contributed by atoms with Crippen molar-refractivity contribution in [1.29, 1.82) is 0 Å². The lowest BCUT2D eigenvalue weighted by Crippen LogP contribution is -2.26. The van der Waals surface area contributed by atoms with Crippen molar-refractivity contribution in [1.82, 2.24) is 5.32 Å². The minimum atomic E-state index is -4.61. The van der Waals surface area contributed by atoms with Crippen LogP contribution < -0.4 is 5.32 Å². The fourth-order valence-electron chi connectivity index (χ4n) is 3.08. The highest BCUT2D eigenvalue weighted by atomic mass is 19.4. The van der Waals surface area contributed by atoms with Gasteiger partial charge in [-0.2, -0.15) is 13.2 Å². The summed E-state index contributed by atoms with van der Waals surface area (Å²) in [4.78, 5) is 0. The van der Waals surface area contributed by atoms with Crippen molar-refractivity contribution in [3.8, 4) is 11.1 Å². The van der Waals surface area contributed by atoms with Crippen LogP contribution in [0.15, 0.2) is 36.4 Å². The molecule has 6 heteroatoms. The Balaban J connectivity index is 1.98. The molecular formula is C18H16F5N. The van der Waals surface area contributed by atoms with Gasteiger partial charge in [-0.3, -0.25) is 0 Å². The third-order valence-electron chi connectivity index (χ3n) is 4.34. The molecule has 0 spiro atoms. The third kappa shape index (κ3) is 3.59. The van der Waals surface area contributed by atoms with Crippen LogP contribution in [0.25, 0.3) is 11.1 Å². The van der Waals surface area contributed by atoms with Gasteiger partial charge in [0.05, 0.1) is 5.56 Å². The molecule has 0 amide bonds. The van der Waals surface area contributed by atoms with Crippen molar-refractivity contribution in [2.45, 2.75) is 24.9 Å². The maximum absolute atomic E-state index is 14.1. The quantitative estimate of drug-likeness (QED) is 0.748. The van der Waals surface area contributed by atoms with Crippen molar-refractivity contribution in [2.24, 2.45) is 0 Å². The molecule has 0 atom stereocenters. The molecule has 128 valence electrons. The predicted octanol–water partition coefficient (Wildman–Crippen LogP) is 5.12. The molecule has 1 nitrogen and oxygen atoms in total. The lowest BCUT2D eigenvalue weighted by atomic mass is 9.88. The van der Waals surface area contributed by atoms with E-state index in [0.29, 0.717) is 6.07 Å². The Kier molecular flexibility index (Phi) is 4.58. The zero-order valence-electron chi connectivity index (χ0n) is 12.8. The molecule has 1 aliphatic rings. The Bertz CT molecular complexity index is 733. The molecule has 1 heterocycles. The van der Waals surface area contributed by atoms with E-state index < -0.39 is 23.4 Å². The average molecular weight is 341 g/mol. The number of halogens is 5. The van der Waals surface area contributed by atoms with Crippen molar-refractivity contribution >= 4 is 0 Å². The van der Waals surface area contributed by atoms with Crippen LogP contribution in [0.5, 0.6) is 0 Å². The predicted molar refractivity (Wildman–Crippen MR) is 81.6 cm³/mol. The maximum atomic E-state index is 14.1. The molecule has 1 aliphatic heterocycles. The van der Waals surface area contributed by atoms with Crippen LogP contribution in [-0.4, -0.2) is 13.1 Å². The summed E-state index contributed by atoms with van der Waals surface area (Å²) in [6.07, 6.45) is -2.92. The van der Waals surface area contributed by atoms with Gasteiger partial charge in [0, 0.05) is 5.56 Å². The summed E-state index contributed by atoms with van der Waals surface area (Å²) in [5, 5.41) is 3.21. The van der Waals surface area contributed by atoms with Gasteiger partial charge in [0.2, 0.25) is 0 Å². The van der Waals surface area contributed by atoms with E-state index in [1.165, 1.54) is 6.07 Å². The van der Waals surface area contributed by atoms with E-state index in [-0.39, 0.29) is 17.0 Å². The van der Waals surface area contributed by atoms with Crippen molar-refractivity contribution in [2.75, 3.05) is 13.1 Å². The van der Waals surface area contributed by atoms with Gasteiger partial charge in [-0.1, -0.05) is 12.1 Å². The second-order valence-electron chi connectivity index (χ2n) is 5.99. The Hall–Kier alpha value is -1.95. The molecule has 0 bridgehead atoms. The number of alkyl halides is 3. The zero-order valence-corrected chi connectivity index (χ0v) is 12.8. The minimum absolute atomic E-state index is 0.0299. The van der Waals surface area contributed by atoms with Crippen LogP contribution in [0, 0.1) is 11.6 Å². The Labute approximate surface area is 136 Å². The van der Waals surface area contributed by atoms with Gasteiger partial charge in [0.15, 0.2) is 0 Å². The van der Waals surface area contributed by atoms with Crippen LogP contribution >= 0.6 is 0 Å². The number of benzene rings is 2. The summed E-state index contributed by atoms with van der Waals surface area (Å²) in [6, 6.07) is 6.56. The van der Waals surface area contributed by atoms with Crippen LogP contribution in [0.1, 0.15) is 29.9 Å². The lowest BCUT2D eigenvalue weighted by molar-refractivity contribution is -0.137. The second-order valence-corrected chi connectivity index (χ2v) is 5.99. The van der Waals surface area contributed by atoms with Gasteiger partial charge >= 0.3 is 6.18 Å². The molecule has 0 unspecified atom stereocenters. The molecule has 24 heavy (non-hydrogen) atoms. The van der Waals surface area contributed by atoms with E-state index in [4.69, 9.17) is 0 Å². The molecular weight excluding hydrogens is 325 g/mol. The average Bonchev–Trinajstić information content (AvgIpc) is 2.54. The summed E-state index contributed by atoms with van der Waals surface area (Å²) >= 11 is 0. The van der Waals surface area contributed by atoms with Gasteiger partial charge in [-0.05, 0) is 67.2 Å². The lowest BCUT2D eigenvalue weighted by Gasteiger charge is -2.23. The summed E-state index contributed by atoms with van der Waals surface area (Å²) in [7, 11) is 0. The van der Waals surface area contributed by atoms with Gasteiger partial charge in [-0.25, -0.2) is 8.78 Å². The highest BCUT2D eigenvalue weighted by molar-refractivity contribution is 5.65. The number of nitrogens with one attached hydrogen (secondary N) is 1. The molecule has 1 saturated heterocycles. The molecule has 0 aromatic heterocycles. The Morgan fingerprint density at radius 1 is 0.917 bits per heavy atom. The summed E-state index contributed by atoms with van der Waals surface area (Å²) in [6.45, 7) is 1.65. The molecule has 2 aromatic rings. The second kappa shape index (κ2) is 6.51. The van der Waals surface area contributed by atoms with Crippen LogP contribution in [0.2, 0.25) is 0 Å². The monoisotopic (exact) mass is 341 g/mol. The van der Waals surface area contributed by atoms with Gasteiger partial charge in [0.1, 0.15) is 11.6 Å². The first-order valence-corrected chi connectivity index (χ1v) is 7.73. The first-order valence-electron chi connectivity index (χ1n) is 7.73. The van der Waals surface area contributed by atoms with Gasteiger partial charge in [0.25, 0.3) is 0 Å². The molecule has 0 aliphatic carbocycles. The van der Waals surface area contributed by atoms with E-state index in [2.05, 4.69) is 5.32 Å². The van der Waals surface area contributed by atoms with E-state index in [9.17, 15) is 22.0 Å². The highest BCUT2D eigenvalue weighted by Crippen LogP contribution is 2.35. The van der Waals surface area contributed by atoms with Gasteiger partial charge < -0.3 is 5.32 Å². The topological polar surface area (TPSA) is 12.0 Å². The molecule has 0 saturated carbocycles. The van der Waals surface area contributed by atoms with Gasteiger partial charge in [-0.15, -0.1) is 0 Å². The van der Waals surface area contributed by atoms with E-state index >= 15 is 0 Å². The molecule has 3 rings (SSSR count). The van der Waals surface area contributed by atoms with Crippen LogP contribution in [0.4, 0.5) is 22.0 Å². The normalized spacial score (nSPS) is 16.4. The number of rotatable bonds is 2. The van der Waals surface area contributed by atoms with E-state index in [1.807, 2.05) is 0 Å². The third-order valence-corrected chi connectivity index (χ3v) is 4.34. The zero-order chi connectivity index (χ0) is 17.3. The number of hydrogen-bond donors (Lipinski definition) is 1. The molecule has 1 N–H and O–H groups in total. The fraction of sp³-hybridized carbons (Fsp3) is 0.333. The standard InChI is InChI=1S/C18H16F5N/c19-15-8-12(11-3-5-24-6-4-11)7-13(9-15)16-2-1-14(10-17(16)20)18(21,22)23/h1-2,7-11,24H,3-6H2. The largest absolute Gasteiger partial charge is 0.416 e.